The molecule has 70 valence electrons. The third-order valence-electron chi connectivity index (χ3n) is 1.36. The number of halogens is 1. The average molecular weight is 273 g/mol. The summed E-state index contributed by atoms with van der Waals surface area (Å²) in [6.45, 7) is 2.88. The maximum atomic E-state index is 5.39. The van der Waals surface area contributed by atoms with Gasteiger partial charge in [0, 0.05) is 0 Å². The minimum absolute atomic E-state index is 0.0561. The van der Waals surface area contributed by atoms with Gasteiger partial charge in [-0.3, -0.25) is 0 Å². The summed E-state index contributed by atoms with van der Waals surface area (Å²) in [5, 5.41) is 0. The topological polar surface area (TPSA) is 67.3 Å². The van der Waals surface area contributed by atoms with Gasteiger partial charge in [0.1, 0.15) is 0 Å². The second-order valence-electron chi connectivity index (χ2n) is 2.38. The van der Waals surface area contributed by atoms with E-state index in [1.165, 1.54) is 10.8 Å². The second-order valence-corrected chi connectivity index (χ2v) is 4.84. The Balaban J connectivity index is 2.97. The van der Waals surface area contributed by atoms with Crippen molar-refractivity contribution in [1.29, 1.82) is 0 Å². The van der Waals surface area contributed by atoms with E-state index in [1.807, 2.05) is 0 Å². The van der Waals surface area contributed by atoms with Crippen LogP contribution < -0.4 is 36.7 Å². The van der Waals surface area contributed by atoms with Crippen LogP contribution >= 0.6 is 0 Å². The van der Waals surface area contributed by atoms with Crippen LogP contribution in [0.15, 0.2) is 0 Å². The molecule has 0 bridgehead atoms. The molecule has 0 unspecified atom stereocenters. The molecule has 0 aliphatic carbocycles. The van der Waals surface area contributed by atoms with E-state index in [9.17, 15) is 0 Å². The summed E-state index contributed by atoms with van der Waals surface area (Å²) in [5.41, 5.74) is 5.39. The van der Waals surface area contributed by atoms with Gasteiger partial charge < -0.3 is 0 Å². The van der Waals surface area contributed by atoms with Crippen molar-refractivity contribution < 1.29 is 21.5 Å². The van der Waals surface area contributed by atoms with E-state index < -0.39 is 0 Å². The summed E-state index contributed by atoms with van der Waals surface area (Å²) in [5.74, 6) is 5.17. The van der Waals surface area contributed by atoms with Crippen molar-refractivity contribution in [3.8, 4) is 0 Å². The third-order valence-corrected chi connectivity index (χ3v) is 3.10. The van der Waals surface area contributed by atoms with Gasteiger partial charge in [-0.05, 0) is 0 Å². The fourth-order valence-corrected chi connectivity index (χ4v) is 1.82. The number of nitrogens with two attached hydrogens (primary N) is 2. The summed E-state index contributed by atoms with van der Waals surface area (Å²) in [6, 6.07) is 0. The van der Waals surface area contributed by atoms with Crippen molar-refractivity contribution in [3.05, 3.63) is 0 Å². The normalized spacial score (nSPS) is 11.3. The Morgan fingerprint density at radius 1 is 1.45 bits per heavy atom. The Morgan fingerprint density at radius 3 is 2.73 bits per heavy atom. The first-order chi connectivity index (χ1) is 5.31. The van der Waals surface area contributed by atoms with Crippen LogP contribution in [0.1, 0.15) is 6.42 Å². The van der Waals surface area contributed by atoms with Crippen LogP contribution in [0.3, 0.4) is 0 Å². The molecule has 0 aliphatic heterocycles. The zero-order valence-electron chi connectivity index (χ0n) is 7.02. The Hall–Kier alpha value is 0.570. The van der Waals surface area contributed by atoms with Gasteiger partial charge in [0.05, 0.1) is 0 Å². The Bertz CT molecular complexity index is 81.0. The molecule has 5 heteroatoms. The zero-order valence-corrected chi connectivity index (χ0v) is 9.17. The fraction of sp³-hybridized carbons (Fsp3) is 1.00. The molecular weight excluding hydrogens is 255 g/mol. The van der Waals surface area contributed by atoms with Gasteiger partial charge >= 0.3 is 79.1 Å². The van der Waals surface area contributed by atoms with Gasteiger partial charge in [0.25, 0.3) is 0 Å². The number of nitrogens with zero attached hydrogens (tertiary/aromatic N) is 1. The van der Waals surface area contributed by atoms with Gasteiger partial charge in [-0.25, -0.2) is 0 Å². The summed E-state index contributed by atoms with van der Waals surface area (Å²) >= 11 is 0.0561. The van der Waals surface area contributed by atoms with E-state index in [2.05, 4.69) is 15.6 Å². The van der Waals surface area contributed by atoms with Crippen LogP contribution in [0.4, 0.5) is 0 Å². The molecule has 0 aromatic carbocycles. The molecule has 11 heavy (non-hydrogen) atoms. The molecule has 0 aromatic heterocycles. The molecule has 0 radical (unpaired) electrons. The van der Waals surface area contributed by atoms with E-state index in [1.54, 1.807) is 0 Å². The van der Waals surface area contributed by atoms with Gasteiger partial charge in [-0.2, -0.15) is 0 Å². The van der Waals surface area contributed by atoms with Crippen molar-refractivity contribution >= 4 is 0 Å². The van der Waals surface area contributed by atoms with Crippen LogP contribution in [0.2, 0.25) is 0 Å². The molecule has 0 heterocycles. The molecule has 0 saturated carbocycles. The number of nitrogens with one attached hydrogen (secondary N) is 1. The molecule has 4 nitrogen and oxygen atoms in total. The Morgan fingerprint density at radius 2 is 2.18 bits per heavy atom. The summed E-state index contributed by atoms with van der Waals surface area (Å²) in [7, 11) is 2.10. The predicted octanol–water partition coefficient (Wildman–Crippen LogP) is -4.27. The molecule has 0 saturated heterocycles. The summed E-state index contributed by atoms with van der Waals surface area (Å²) < 4.78 is 3.98. The number of hydrogen-bond donors (Lipinski definition) is 3. The molecule has 0 aromatic rings. The fourth-order valence-electron chi connectivity index (χ4n) is 0.783. The first kappa shape index (κ1) is 11.6. The molecule has 0 atom stereocenters. The molecular formula is C6H18IN4-. The zero-order chi connectivity index (χ0) is 8.53. The molecule has 0 rings (SSSR count). The number of rotatable bonds is 7. The first-order valence-corrected chi connectivity index (χ1v) is 6.34. The van der Waals surface area contributed by atoms with Gasteiger partial charge in [0.15, 0.2) is 0 Å². The predicted molar refractivity (Wildman–Crippen MR) is 43.4 cm³/mol. The Kier molecular flexibility index (Phi) is 9.11. The number of hydrazine groups is 1. The van der Waals surface area contributed by atoms with E-state index >= 15 is 0 Å². The van der Waals surface area contributed by atoms with E-state index in [0.717, 1.165) is 19.6 Å². The first-order valence-electron chi connectivity index (χ1n) is 3.73. The van der Waals surface area contributed by atoms with E-state index in [0.29, 0.717) is 0 Å². The van der Waals surface area contributed by atoms with Crippen molar-refractivity contribution in [2.24, 2.45) is 11.6 Å². The van der Waals surface area contributed by atoms with Crippen LogP contribution in [0.5, 0.6) is 0 Å². The second kappa shape index (κ2) is 8.66. The summed E-state index contributed by atoms with van der Waals surface area (Å²) in [6.07, 6.45) is 1.23. The molecule has 0 spiro atoms. The SMILES string of the molecule is CN(CCN)CCC[I-]NN. The number of hydrogen-bond acceptors (Lipinski definition) is 4. The van der Waals surface area contributed by atoms with Crippen molar-refractivity contribution in [2.75, 3.05) is 31.1 Å². The quantitative estimate of drug-likeness (QED) is 0.110. The van der Waals surface area contributed by atoms with Crippen molar-refractivity contribution in [3.63, 3.8) is 0 Å². The Labute approximate surface area is 79.3 Å². The van der Waals surface area contributed by atoms with Gasteiger partial charge in [-0.15, -0.1) is 0 Å². The van der Waals surface area contributed by atoms with Crippen molar-refractivity contribution in [2.45, 2.75) is 6.42 Å². The average Bonchev–Trinajstić information content (AvgIpc) is 1.99. The van der Waals surface area contributed by atoms with Gasteiger partial charge in [0.2, 0.25) is 0 Å². The van der Waals surface area contributed by atoms with E-state index in [-0.39, 0.29) is 21.5 Å². The van der Waals surface area contributed by atoms with Crippen LogP contribution in [-0.2, 0) is 0 Å². The van der Waals surface area contributed by atoms with Crippen LogP contribution in [-0.4, -0.2) is 36.0 Å². The third kappa shape index (κ3) is 8.48. The molecule has 0 fully saturated rings. The monoisotopic (exact) mass is 273 g/mol. The standard InChI is InChI=1S/C6H18IN4/c1-11(6-4-8)5-2-3-7-10-9/h10H,2-6,8-9H2,1H3/q-1. The summed E-state index contributed by atoms with van der Waals surface area (Å²) in [4.78, 5) is 2.25. The molecule has 5 N–H and O–H groups in total. The maximum absolute atomic E-state index is 5.39. The molecule has 0 aliphatic rings. The van der Waals surface area contributed by atoms with Crippen molar-refractivity contribution in [1.82, 2.24) is 8.54 Å². The van der Waals surface area contributed by atoms with Gasteiger partial charge in [-0.1, -0.05) is 0 Å². The minimum atomic E-state index is 0.0561. The van der Waals surface area contributed by atoms with Crippen LogP contribution in [0.25, 0.3) is 0 Å². The van der Waals surface area contributed by atoms with Crippen LogP contribution in [0, 0.1) is 0 Å². The van der Waals surface area contributed by atoms with E-state index in [4.69, 9.17) is 11.6 Å². The number of likely N-dealkylation sites (N-methyl/N-ethyl adjacent to an activating group) is 1. The number of alkyl halides is 1. The molecule has 0 amide bonds.